The highest BCUT2D eigenvalue weighted by Gasteiger charge is 2.21. The van der Waals surface area contributed by atoms with Crippen molar-refractivity contribution in [1.82, 2.24) is 24.6 Å². The Hall–Kier alpha value is -2.97. The van der Waals surface area contributed by atoms with E-state index in [-0.39, 0.29) is 11.7 Å². The normalized spacial score (nSPS) is 11.1. The summed E-state index contributed by atoms with van der Waals surface area (Å²) in [4.78, 5) is 18.8. The lowest BCUT2D eigenvalue weighted by atomic mass is 10.0. The molecule has 0 saturated carbocycles. The van der Waals surface area contributed by atoms with Gasteiger partial charge < -0.3 is 4.90 Å². The molecule has 0 N–H and O–H groups in total. The molecule has 1 aromatic carbocycles. The van der Waals surface area contributed by atoms with Crippen molar-refractivity contribution in [3.05, 3.63) is 76.7 Å². The molecule has 164 valence electrons. The highest BCUT2D eigenvalue weighted by molar-refractivity contribution is 7.99. The van der Waals surface area contributed by atoms with E-state index in [1.54, 1.807) is 28.6 Å². The van der Waals surface area contributed by atoms with Crippen LogP contribution < -0.4 is 0 Å². The van der Waals surface area contributed by atoms with Gasteiger partial charge >= 0.3 is 0 Å². The van der Waals surface area contributed by atoms with Crippen molar-refractivity contribution in [2.75, 3.05) is 12.8 Å². The predicted octanol–water partition coefficient (Wildman–Crippen LogP) is 5.26. The highest BCUT2D eigenvalue weighted by Crippen LogP contribution is 2.32. The topological polar surface area (TPSA) is 63.9 Å². The second kappa shape index (κ2) is 10.1. The van der Waals surface area contributed by atoms with Gasteiger partial charge in [-0.25, -0.2) is 0 Å². The molecule has 0 bridgehead atoms. The minimum absolute atomic E-state index is 0.0517. The summed E-state index contributed by atoms with van der Waals surface area (Å²) < 4.78 is 2.04. The number of carbonyl (C=O) groups excluding carboxylic acids is 1. The van der Waals surface area contributed by atoms with E-state index in [0.717, 1.165) is 16.8 Å². The van der Waals surface area contributed by atoms with E-state index in [4.69, 9.17) is 0 Å². The van der Waals surface area contributed by atoms with Gasteiger partial charge in [0.1, 0.15) is 0 Å². The van der Waals surface area contributed by atoms with Crippen LogP contribution in [0.25, 0.3) is 17.1 Å². The number of para-hydroxylation sites is 1. The number of amides is 1. The Bertz CT molecular complexity index is 1170. The summed E-state index contributed by atoms with van der Waals surface area (Å²) >= 11 is 3.04. The third kappa shape index (κ3) is 4.92. The van der Waals surface area contributed by atoms with Gasteiger partial charge in [0.15, 0.2) is 11.0 Å². The van der Waals surface area contributed by atoms with Crippen LogP contribution in [0.15, 0.2) is 70.8 Å². The first-order valence-electron chi connectivity index (χ1n) is 10.4. The van der Waals surface area contributed by atoms with Crippen LogP contribution in [0.2, 0.25) is 0 Å². The number of thioether (sulfide) groups is 1. The molecule has 4 aromatic rings. The summed E-state index contributed by atoms with van der Waals surface area (Å²) in [5, 5.41) is 13.7. The molecule has 0 aliphatic rings. The first-order chi connectivity index (χ1) is 15.5. The van der Waals surface area contributed by atoms with E-state index in [1.807, 2.05) is 47.3 Å². The van der Waals surface area contributed by atoms with Crippen molar-refractivity contribution in [3.8, 4) is 17.1 Å². The molecule has 1 amide bonds. The molecule has 0 unspecified atom stereocenters. The van der Waals surface area contributed by atoms with Gasteiger partial charge in [-0.05, 0) is 52.1 Å². The number of hydrogen-bond acceptors (Lipinski definition) is 6. The fourth-order valence-corrected chi connectivity index (χ4v) is 4.97. The van der Waals surface area contributed by atoms with E-state index < -0.39 is 0 Å². The molecule has 8 heteroatoms. The van der Waals surface area contributed by atoms with Gasteiger partial charge in [0.25, 0.3) is 0 Å². The van der Waals surface area contributed by atoms with Crippen LogP contribution in [0.5, 0.6) is 0 Å². The fourth-order valence-electron chi connectivity index (χ4n) is 3.42. The molecule has 3 heterocycles. The van der Waals surface area contributed by atoms with Gasteiger partial charge in [0.2, 0.25) is 5.91 Å². The standard InChI is InChI=1S/C24H25N5OS2/c1-17(2)20-8-4-5-9-21(20)29-23(19-7-6-11-25-13-19)26-27-24(29)32-16-22(30)28(3)14-18-10-12-31-15-18/h4-13,15,17H,14,16H2,1-3H3. The predicted molar refractivity (Wildman–Crippen MR) is 130 cm³/mol. The van der Waals surface area contributed by atoms with Gasteiger partial charge in [-0.1, -0.05) is 43.8 Å². The Balaban J connectivity index is 1.64. The molecular weight excluding hydrogens is 438 g/mol. The summed E-state index contributed by atoms with van der Waals surface area (Å²) in [7, 11) is 1.83. The van der Waals surface area contributed by atoms with Gasteiger partial charge in [0, 0.05) is 31.5 Å². The number of carbonyl (C=O) groups is 1. The van der Waals surface area contributed by atoms with Crippen molar-refractivity contribution < 1.29 is 4.79 Å². The summed E-state index contributed by atoms with van der Waals surface area (Å²) in [6.45, 7) is 4.94. The third-order valence-corrected chi connectivity index (χ3v) is 6.75. The lowest BCUT2D eigenvalue weighted by molar-refractivity contribution is -0.127. The second-order valence-corrected chi connectivity index (χ2v) is 9.49. The van der Waals surface area contributed by atoms with Crippen LogP contribution in [-0.2, 0) is 11.3 Å². The minimum Gasteiger partial charge on any atom is -0.341 e. The van der Waals surface area contributed by atoms with Crippen LogP contribution in [0, 0.1) is 0 Å². The lowest BCUT2D eigenvalue weighted by Crippen LogP contribution is -2.27. The average Bonchev–Trinajstić information content (AvgIpc) is 3.47. The minimum atomic E-state index is 0.0517. The van der Waals surface area contributed by atoms with Crippen molar-refractivity contribution >= 4 is 29.0 Å². The largest absolute Gasteiger partial charge is 0.341 e. The molecule has 0 saturated heterocycles. The molecule has 4 rings (SSSR count). The molecule has 0 fully saturated rings. The number of thiophene rings is 1. The van der Waals surface area contributed by atoms with Crippen LogP contribution in [0.4, 0.5) is 0 Å². The summed E-state index contributed by atoms with van der Waals surface area (Å²) in [6, 6.07) is 14.2. The number of nitrogens with zero attached hydrogens (tertiary/aromatic N) is 5. The van der Waals surface area contributed by atoms with Crippen LogP contribution >= 0.6 is 23.1 Å². The highest BCUT2D eigenvalue weighted by atomic mass is 32.2. The van der Waals surface area contributed by atoms with Gasteiger partial charge in [-0.15, -0.1) is 10.2 Å². The number of pyridine rings is 1. The SMILES string of the molecule is CC(C)c1ccccc1-n1c(SCC(=O)N(C)Cc2ccsc2)nnc1-c1cccnc1. The maximum Gasteiger partial charge on any atom is 0.233 e. The van der Waals surface area contributed by atoms with Crippen LogP contribution in [0.1, 0.15) is 30.9 Å². The van der Waals surface area contributed by atoms with E-state index in [0.29, 0.717) is 23.4 Å². The summed E-state index contributed by atoms with van der Waals surface area (Å²) in [5.74, 6) is 1.38. The Morgan fingerprint density at radius 3 is 2.72 bits per heavy atom. The van der Waals surface area contributed by atoms with Crippen molar-refractivity contribution in [2.24, 2.45) is 0 Å². The number of hydrogen-bond donors (Lipinski definition) is 0. The first kappa shape index (κ1) is 22.2. The molecular formula is C24H25N5OS2. The maximum atomic E-state index is 12.8. The molecule has 0 aliphatic heterocycles. The zero-order valence-electron chi connectivity index (χ0n) is 18.3. The Labute approximate surface area is 196 Å². The average molecular weight is 464 g/mol. The van der Waals surface area contributed by atoms with E-state index in [2.05, 4.69) is 46.5 Å². The van der Waals surface area contributed by atoms with Crippen molar-refractivity contribution in [2.45, 2.75) is 31.5 Å². The Morgan fingerprint density at radius 2 is 2.00 bits per heavy atom. The van der Waals surface area contributed by atoms with Crippen molar-refractivity contribution in [1.29, 1.82) is 0 Å². The van der Waals surface area contributed by atoms with E-state index in [9.17, 15) is 4.79 Å². The first-order valence-corrected chi connectivity index (χ1v) is 12.3. The summed E-state index contributed by atoms with van der Waals surface area (Å²) in [5.41, 5.74) is 4.24. The van der Waals surface area contributed by atoms with E-state index in [1.165, 1.54) is 17.3 Å². The third-order valence-electron chi connectivity index (χ3n) is 5.10. The second-order valence-electron chi connectivity index (χ2n) is 7.77. The molecule has 3 aromatic heterocycles. The molecule has 0 aliphatic carbocycles. The molecule has 0 atom stereocenters. The maximum absolute atomic E-state index is 12.8. The lowest BCUT2D eigenvalue weighted by Gasteiger charge is -2.18. The number of benzene rings is 1. The molecule has 32 heavy (non-hydrogen) atoms. The van der Waals surface area contributed by atoms with E-state index >= 15 is 0 Å². The Morgan fingerprint density at radius 1 is 1.16 bits per heavy atom. The molecule has 0 radical (unpaired) electrons. The zero-order valence-corrected chi connectivity index (χ0v) is 19.9. The van der Waals surface area contributed by atoms with Crippen LogP contribution in [0.3, 0.4) is 0 Å². The molecule has 0 spiro atoms. The molecule has 6 nitrogen and oxygen atoms in total. The van der Waals surface area contributed by atoms with Crippen LogP contribution in [-0.4, -0.2) is 43.4 Å². The van der Waals surface area contributed by atoms with Gasteiger partial charge in [-0.2, -0.15) is 11.3 Å². The number of rotatable bonds is 8. The zero-order chi connectivity index (χ0) is 22.5. The van der Waals surface area contributed by atoms with Gasteiger partial charge in [0.05, 0.1) is 11.4 Å². The Kier molecular flexibility index (Phi) is 7.02. The number of aromatic nitrogens is 4. The summed E-state index contributed by atoms with van der Waals surface area (Å²) in [6.07, 6.45) is 3.52. The van der Waals surface area contributed by atoms with Crippen molar-refractivity contribution in [3.63, 3.8) is 0 Å². The smallest absolute Gasteiger partial charge is 0.233 e. The van der Waals surface area contributed by atoms with Gasteiger partial charge in [-0.3, -0.25) is 14.3 Å². The fraction of sp³-hybridized carbons (Fsp3) is 0.250. The monoisotopic (exact) mass is 463 g/mol. The quantitative estimate of drug-likeness (QED) is 0.333.